The van der Waals surface area contributed by atoms with Crippen LogP contribution in [0, 0.1) is 5.92 Å². The molecule has 1 fully saturated rings. The second-order valence-corrected chi connectivity index (χ2v) is 5.48. The lowest BCUT2D eigenvalue weighted by Crippen LogP contribution is -2.38. The van der Waals surface area contributed by atoms with E-state index in [1.54, 1.807) is 7.11 Å². The second kappa shape index (κ2) is 4.90. The van der Waals surface area contributed by atoms with Crippen LogP contribution in [0.25, 0.3) is 0 Å². The predicted molar refractivity (Wildman–Crippen MR) is 71.0 cm³/mol. The number of hydrogen-bond acceptors (Lipinski definition) is 3. The Kier molecular flexibility index (Phi) is 3.27. The van der Waals surface area contributed by atoms with Gasteiger partial charge in [-0.2, -0.15) is 0 Å². The molecule has 18 heavy (non-hydrogen) atoms. The van der Waals surface area contributed by atoms with Crippen LogP contribution in [0.3, 0.4) is 0 Å². The minimum atomic E-state index is 0.189. The molecule has 1 aromatic carbocycles. The molecule has 2 aliphatic rings. The number of aryl methyl sites for hydroxylation is 1. The third-order valence-corrected chi connectivity index (χ3v) is 4.04. The highest BCUT2D eigenvalue weighted by atomic mass is 16.5. The third kappa shape index (κ3) is 2.13. The van der Waals surface area contributed by atoms with E-state index >= 15 is 0 Å². The van der Waals surface area contributed by atoms with Gasteiger partial charge in [0.05, 0.1) is 19.8 Å². The Hall–Kier alpha value is -1.06. The van der Waals surface area contributed by atoms with Crippen molar-refractivity contribution in [3.8, 4) is 5.75 Å². The summed E-state index contributed by atoms with van der Waals surface area (Å²) in [6, 6.07) is 6.83. The predicted octanol–water partition coefficient (Wildman–Crippen LogP) is 2.31. The molecule has 3 unspecified atom stereocenters. The van der Waals surface area contributed by atoms with E-state index < -0.39 is 0 Å². The summed E-state index contributed by atoms with van der Waals surface area (Å²) < 4.78 is 11.5. The van der Waals surface area contributed by atoms with Crippen molar-refractivity contribution < 1.29 is 9.47 Å². The highest BCUT2D eigenvalue weighted by Crippen LogP contribution is 2.36. The number of rotatable bonds is 1. The summed E-state index contributed by atoms with van der Waals surface area (Å²) in [7, 11) is 1.72. The summed E-state index contributed by atoms with van der Waals surface area (Å²) in [5, 5.41) is 3.65. The van der Waals surface area contributed by atoms with Crippen LogP contribution in [0.15, 0.2) is 18.2 Å². The smallest absolute Gasteiger partial charge is 0.119 e. The summed E-state index contributed by atoms with van der Waals surface area (Å²) in [6.07, 6.45) is 2.48. The number of hydrogen-bond donors (Lipinski definition) is 1. The van der Waals surface area contributed by atoms with Gasteiger partial charge in [-0.05, 0) is 42.0 Å². The molecule has 3 atom stereocenters. The Bertz CT molecular complexity index is 433. The number of benzene rings is 1. The van der Waals surface area contributed by atoms with Crippen molar-refractivity contribution in [2.24, 2.45) is 5.92 Å². The topological polar surface area (TPSA) is 30.5 Å². The molecule has 1 heterocycles. The van der Waals surface area contributed by atoms with Crippen LogP contribution < -0.4 is 10.1 Å². The van der Waals surface area contributed by atoms with E-state index in [9.17, 15) is 0 Å². The van der Waals surface area contributed by atoms with Crippen LogP contribution in [0.5, 0.6) is 5.75 Å². The van der Waals surface area contributed by atoms with Gasteiger partial charge in [0.2, 0.25) is 0 Å². The average molecular weight is 247 g/mol. The molecule has 0 amide bonds. The summed E-state index contributed by atoms with van der Waals surface area (Å²) >= 11 is 0. The van der Waals surface area contributed by atoms with Crippen LogP contribution in [0.2, 0.25) is 0 Å². The van der Waals surface area contributed by atoms with Gasteiger partial charge in [-0.15, -0.1) is 0 Å². The Balaban J connectivity index is 1.94. The molecule has 1 aliphatic heterocycles. The standard InChI is InChI=1S/C15H21NO2/c1-10-8-16-14-6-4-11-3-5-12(17-2)7-13(11)15(14)18-9-10/h3,5,7,10,14-16H,4,6,8-9H2,1-2H3. The van der Waals surface area contributed by atoms with Gasteiger partial charge in [0, 0.05) is 12.6 Å². The molecule has 0 spiro atoms. The fourth-order valence-corrected chi connectivity index (χ4v) is 2.97. The molecule has 0 radical (unpaired) electrons. The van der Waals surface area contributed by atoms with E-state index in [-0.39, 0.29) is 6.10 Å². The fourth-order valence-electron chi connectivity index (χ4n) is 2.97. The van der Waals surface area contributed by atoms with Gasteiger partial charge in [0.15, 0.2) is 0 Å². The SMILES string of the molecule is COc1ccc2c(c1)C1OCC(C)CNC1CC2. The number of fused-ring (bicyclic) bond motifs is 3. The van der Waals surface area contributed by atoms with E-state index in [1.165, 1.54) is 11.1 Å². The molecule has 3 nitrogen and oxygen atoms in total. The molecule has 1 saturated heterocycles. The summed E-state index contributed by atoms with van der Waals surface area (Å²) in [5.74, 6) is 1.51. The molecule has 3 rings (SSSR count). The molecular weight excluding hydrogens is 226 g/mol. The third-order valence-electron chi connectivity index (χ3n) is 4.04. The first-order chi connectivity index (χ1) is 8.78. The van der Waals surface area contributed by atoms with Gasteiger partial charge < -0.3 is 14.8 Å². The molecule has 1 aliphatic carbocycles. The van der Waals surface area contributed by atoms with Crippen LogP contribution in [-0.4, -0.2) is 26.3 Å². The van der Waals surface area contributed by atoms with Gasteiger partial charge in [-0.1, -0.05) is 13.0 Å². The summed E-state index contributed by atoms with van der Waals surface area (Å²) in [4.78, 5) is 0. The van der Waals surface area contributed by atoms with Crippen molar-refractivity contribution >= 4 is 0 Å². The molecule has 3 heteroatoms. The Morgan fingerprint density at radius 1 is 1.39 bits per heavy atom. The molecular formula is C15H21NO2. The summed E-state index contributed by atoms with van der Waals surface area (Å²) in [6.45, 7) is 4.13. The number of ether oxygens (including phenoxy) is 2. The van der Waals surface area contributed by atoms with Crippen molar-refractivity contribution in [1.82, 2.24) is 5.32 Å². The van der Waals surface area contributed by atoms with Crippen molar-refractivity contribution in [3.05, 3.63) is 29.3 Å². The molecule has 0 saturated carbocycles. The van der Waals surface area contributed by atoms with Crippen molar-refractivity contribution in [3.63, 3.8) is 0 Å². The first-order valence-corrected chi connectivity index (χ1v) is 6.79. The van der Waals surface area contributed by atoms with Crippen molar-refractivity contribution in [2.75, 3.05) is 20.3 Å². The highest BCUT2D eigenvalue weighted by molar-refractivity contribution is 5.39. The van der Waals surface area contributed by atoms with Gasteiger partial charge in [0.1, 0.15) is 5.75 Å². The zero-order chi connectivity index (χ0) is 12.5. The van der Waals surface area contributed by atoms with E-state index in [0.29, 0.717) is 12.0 Å². The van der Waals surface area contributed by atoms with Crippen LogP contribution in [-0.2, 0) is 11.2 Å². The van der Waals surface area contributed by atoms with Crippen molar-refractivity contribution in [2.45, 2.75) is 31.9 Å². The lowest BCUT2D eigenvalue weighted by Gasteiger charge is -2.32. The lowest BCUT2D eigenvalue weighted by atomic mass is 9.85. The monoisotopic (exact) mass is 247 g/mol. The maximum Gasteiger partial charge on any atom is 0.119 e. The maximum absolute atomic E-state index is 6.13. The molecule has 98 valence electrons. The number of methoxy groups -OCH3 is 1. The number of nitrogens with one attached hydrogen (secondary N) is 1. The normalized spacial score (nSPS) is 31.1. The highest BCUT2D eigenvalue weighted by Gasteiger charge is 2.32. The quantitative estimate of drug-likeness (QED) is 0.826. The minimum absolute atomic E-state index is 0.189. The zero-order valence-electron chi connectivity index (χ0n) is 11.1. The van der Waals surface area contributed by atoms with Gasteiger partial charge >= 0.3 is 0 Å². The van der Waals surface area contributed by atoms with Crippen LogP contribution in [0.4, 0.5) is 0 Å². The maximum atomic E-state index is 6.13. The van der Waals surface area contributed by atoms with Crippen LogP contribution >= 0.6 is 0 Å². The van der Waals surface area contributed by atoms with E-state index in [4.69, 9.17) is 9.47 Å². The Morgan fingerprint density at radius 3 is 3.11 bits per heavy atom. The lowest BCUT2D eigenvalue weighted by molar-refractivity contribution is 0.0236. The van der Waals surface area contributed by atoms with E-state index in [2.05, 4.69) is 24.4 Å². The van der Waals surface area contributed by atoms with Crippen molar-refractivity contribution in [1.29, 1.82) is 0 Å². The van der Waals surface area contributed by atoms with Gasteiger partial charge in [-0.3, -0.25) is 0 Å². The zero-order valence-corrected chi connectivity index (χ0v) is 11.1. The largest absolute Gasteiger partial charge is 0.497 e. The van der Waals surface area contributed by atoms with E-state index in [0.717, 1.165) is 31.7 Å². The van der Waals surface area contributed by atoms with Gasteiger partial charge in [0.25, 0.3) is 0 Å². The van der Waals surface area contributed by atoms with Gasteiger partial charge in [-0.25, -0.2) is 0 Å². The summed E-state index contributed by atoms with van der Waals surface area (Å²) in [5.41, 5.74) is 2.72. The molecule has 1 aromatic rings. The second-order valence-electron chi connectivity index (χ2n) is 5.48. The Labute approximate surface area is 108 Å². The fraction of sp³-hybridized carbons (Fsp3) is 0.600. The minimum Gasteiger partial charge on any atom is -0.497 e. The molecule has 0 bridgehead atoms. The van der Waals surface area contributed by atoms with E-state index in [1.807, 2.05) is 6.07 Å². The Morgan fingerprint density at radius 2 is 2.28 bits per heavy atom. The van der Waals surface area contributed by atoms with Crippen LogP contribution in [0.1, 0.15) is 30.6 Å². The molecule has 0 aromatic heterocycles. The first kappa shape index (κ1) is 12.0. The first-order valence-electron chi connectivity index (χ1n) is 6.79. The average Bonchev–Trinajstić information content (AvgIpc) is 2.60. The molecule has 1 N–H and O–H groups in total.